The van der Waals surface area contributed by atoms with E-state index in [4.69, 9.17) is 16.7 Å². The molecule has 2 N–H and O–H groups in total. The second-order valence-corrected chi connectivity index (χ2v) is 12.6. The Kier molecular flexibility index (Phi) is 7.85. The van der Waals surface area contributed by atoms with Gasteiger partial charge in [0.1, 0.15) is 11.3 Å². The molecule has 0 radical (unpaired) electrons. The highest BCUT2D eigenvalue weighted by molar-refractivity contribution is 6.33. The van der Waals surface area contributed by atoms with E-state index in [1.807, 2.05) is 72.8 Å². The summed E-state index contributed by atoms with van der Waals surface area (Å²) in [6, 6.07) is 42.6. The number of nitrogens with one attached hydrogen (secondary N) is 1. The summed E-state index contributed by atoms with van der Waals surface area (Å²) in [7, 11) is 4.11. The largest absolute Gasteiger partial charge is 0.508 e. The van der Waals surface area contributed by atoms with E-state index < -0.39 is 5.54 Å². The standard InChI is InChI=1S/C39H35ClN4O2/c1-43(2)31-22-27(23-31)38(46)41-37-34-24-26(33-20-19-32(45)25-35(33)40)18-21-36(34)44(42-37)39(28-12-6-3-7-13-28,29-14-8-4-9-15-29)30-16-10-5-11-17-30/h3-21,24-25,27,31,45H,22-23H2,1-2H3,(H,41,42,46). The number of hydrogen-bond donors (Lipinski definition) is 2. The van der Waals surface area contributed by atoms with Gasteiger partial charge in [-0.15, -0.1) is 0 Å². The van der Waals surface area contributed by atoms with Crippen molar-refractivity contribution in [2.75, 3.05) is 19.4 Å². The fourth-order valence-corrected chi connectivity index (χ4v) is 7.00. The molecule has 1 saturated carbocycles. The molecule has 0 unspecified atom stereocenters. The SMILES string of the molecule is CN(C)C1CC(C(=O)Nc2nn(C(c3ccccc3)(c3ccccc3)c3ccccc3)c3ccc(-c4ccc(O)cc4Cl)cc23)C1. The van der Waals surface area contributed by atoms with Crippen molar-refractivity contribution in [3.05, 3.63) is 149 Å². The third-order valence-electron chi connectivity index (χ3n) is 9.29. The van der Waals surface area contributed by atoms with Gasteiger partial charge in [-0.25, -0.2) is 4.68 Å². The lowest BCUT2D eigenvalue weighted by Crippen LogP contribution is -2.45. The van der Waals surface area contributed by atoms with Gasteiger partial charge in [-0.3, -0.25) is 4.79 Å². The Labute approximate surface area is 273 Å². The zero-order valence-corrected chi connectivity index (χ0v) is 26.5. The van der Waals surface area contributed by atoms with Gasteiger partial charge in [0.05, 0.1) is 10.5 Å². The Morgan fingerprint density at radius 1 is 0.826 bits per heavy atom. The minimum absolute atomic E-state index is 0.0255. The number of benzene rings is 5. The summed E-state index contributed by atoms with van der Waals surface area (Å²) >= 11 is 6.61. The predicted octanol–water partition coefficient (Wildman–Crippen LogP) is 8.18. The van der Waals surface area contributed by atoms with Crippen molar-refractivity contribution in [2.45, 2.75) is 24.4 Å². The summed E-state index contributed by atoms with van der Waals surface area (Å²) in [5.41, 5.74) is 4.72. The minimum Gasteiger partial charge on any atom is -0.508 e. The molecule has 0 saturated heterocycles. The van der Waals surface area contributed by atoms with Crippen LogP contribution < -0.4 is 5.32 Å². The Morgan fingerprint density at radius 3 is 1.91 bits per heavy atom. The van der Waals surface area contributed by atoms with E-state index in [1.54, 1.807) is 12.1 Å². The molecule has 7 rings (SSSR count). The lowest BCUT2D eigenvalue weighted by molar-refractivity contribution is -0.124. The maximum Gasteiger partial charge on any atom is 0.228 e. The molecule has 1 heterocycles. The van der Waals surface area contributed by atoms with Crippen LogP contribution in [0.2, 0.25) is 5.02 Å². The number of carbonyl (C=O) groups is 1. The Hall–Kier alpha value is -4.91. The molecular weight excluding hydrogens is 592 g/mol. The van der Waals surface area contributed by atoms with Crippen LogP contribution in [0.25, 0.3) is 22.0 Å². The molecule has 1 aliphatic carbocycles. The van der Waals surface area contributed by atoms with Gasteiger partial charge in [0, 0.05) is 22.9 Å². The van der Waals surface area contributed by atoms with Gasteiger partial charge < -0.3 is 15.3 Å². The van der Waals surface area contributed by atoms with Gasteiger partial charge in [0.15, 0.2) is 5.82 Å². The minimum atomic E-state index is -0.866. The predicted molar refractivity (Wildman–Crippen MR) is 185 cm³/mol. The highest BCUT2D eigenvalue weighted by Gasteiger charge is 2.42. The van der Waals surface area contributed by atoms with Gasteiger partial charge in [-0.1, -0.05) is 109 Å². The van der Waals surface area contributed by atoms with Crippen molar-refractivity contribution in [3.63, 3.8) is 0 Å². The van der Waals surface area contributed by atoms with E-state index in [9.17, 15) is 9.90 Å². The van der Waals surface area contributed by atoms with Crippen LogP contribution in [-0.2, 0) is 10.3 Å². The van der Waals surface area contributed by atoms with Crippen molar-refractivity contribution in [3.8, 4) is 16.9 Å². The maximum atomic E-state index is 13.7. The second kappa shape index (κ2) is 12.1. The lowest BCUT2D eigenvalue weighted by atomic mass is 9.77. The molecule has 46 heavy (non-hydrogen) atoms. The van der Waals surface area contributed by atoms with Gasteiger partial charge in [0.2, 0.25) is 5.91 Å². The third kappa shape index (κ3) is 5.14. The number of aromatic hydroxyl groups is 1. The molecule has 7 heteroatoms. The summed E-state index contributed by atoms with van der Waals surface area (Å²) in [6.45, 7) is 0. The maximum absolute atomic E-state index is 13.7. The van der Waals surface area contributed by atoms with Gasteiger partial charge in [-0.2, -0.15) is 5.10 Å². The molecular formula is C39H35ClN4O2. The number of aromatic nitrogens is 2. The van der Waals surface area contributed by atoms with Crippen LogP contribution in [-0.4, -0.2) is 45.8 Å². The van der Waals surface area contributed by atoms with E-state index in [0.717, 1.165) is 51.6 Å². The summed E-state index contributed by atoms with van der Waals surface area (Å²) in [5, 5.41) is 19.8. The van der Waals surface area contributed by atoms with Gasteiger partial charge in [0.25, 0.3) is 0 Å². The van der Waals surface area contributed by atoms with Gasteiger partial charge >= 0.3 is 0 Å². The zero-order chi connectivity index (χ0) is 31.8. The number of fused-ring (bicyclic) bond motifs is 1. The van der Waals surface area contributed by atoms with Crippen molar-refractivity contribution >= 4 is 34.2 Å². The monoisotopic (exact) mass is 626 g/mol. The van der Waals surface area contributed by atoms with Gasteiger partial charge in [-0.05, 0) is 79.5 Å². The topological polar surface area (TPSA) is 70.4 Å². The molecule has 5 aromatic carbocycles. The molecule has 0 bridgehead atoms. The number of rotatable bonds is 8. The average molecular weight is 627 g/mol. The first-order chi connectivity index (χ1) is 22.4. The van der Waals surface area contributed by atoms with Crippen LogP contribution >= 0.6 is 11.6 Å². The fourth-order valence-electron chi connectivity index (χ4n) is 6.72. The molecule has 1 amide bonds. The number of amides is 1. The third-order valence-corrected chi connectivity index (χ3v) is 9.60. The summed E-state index contributed by atoms with van der Waals surface area (Å²) in [4.78, 5) is 15.9. The molecule has 0 spiro atoms. The van der Waals surface area contributed by atoms with E-state index in [1.165, 1.54) is 6.07 Å². The van der Waals surface area contributed by atoms with Crippen LogP contribution in [0.4, 0.5) is 5.82 Å². The first-order valence-corrected chi connectivity index (χ1v) is 15.9. The Bertz CT molecular complexity index is 1910. The summed E-state index contributed by atoms with van der Waals surface area (Å²) < 4.78 is 2.06. The molecule has 1 fully saturated rings. The fraction of sp³-hybridized carbons (Fsp3) is 0.179. The zero-order valence-electron chi connectivity index (χ0n) is 25.8. The molecule has 230 valence electrons. The first kappa shape index (κ1) is 29.8. The highest BCUT2D eigenvalue weighted by Crippen LogP contribution is 2.44. The van der Waals surface area contributed by atoms with Crippen LogP contribution in [0.3, 0.4) is 0 Å². The highest BCUT2D eigenvalue weighted by atomic mass is 35.5. The Morgan fingerprint density at radius 2 is 1.39 bits per heavy atom. The van der Waals surface area contributed by atoms with Crippen LogP contribution in [0.1, 0.15) is 29.5 Å². The van der Waals surface area contributed by atoms with Crippen LogP contribution in [0.15, 0.2) is 127 Å². The number of halogens is 1. The van der Waals surface area contributed by atoms with Crippen molar-refractivity contribution < 1.29 is 9.90 Å². The molecule has 0 atom stereocenters. The van der Waals surface area contributed by atoms with E-state index in [0.29, 0.717) is 16.9 Å². The van der Waals surface area contributed by atoms with E-state index >= 15 is 0 Å². The number of hydrogen-bond acceptors (Lipinski definition) is 4. The van der Waals surface area contributed by atoms with Crippen molar-refractivity contribution in [1.29, 1.82) is 0 Å². The van der Waals surface area contributed by atoms with Crippen LogP contribution in [0, 0.1) is 5.92 Å². The van der Waals surface area contributed by atoms with Crippen molar-refractivity contribution in [1.82, 2.24) is 14.7 Å². The number of phenols is 1. The first-order valence-electron chi connectivity index (χ1n) is 15.5. The number of anilines is 1. The number of phenolic OH excluding ortho intramolecular Hbond substituents is 1. The quantitative estimate of drug-likeness (QED) is 0.167. The summed E-state index contributed by atoms with van der Waals surface area (Å²) in [5.74, 6) is 0.495. The smallest absolute Gasteiger partial charge is 0.228 e. The lowest BCUT2D eigenvalue weighted by Gasteiger charge is -2.38. The molecule has 0 aliphatic heterocycles. The molecule has 1 aromatic heterocycles. The van der Waals surface area contributed by atoms with Crippen molar-refractivity contribution in [2.24, 2.45) is 5.92 Å². The second-order valence-electron chi connectivity index (χ2n) is 12.2. The number of nitrogens with zero attached hydrogens (tertiary/aromatic N) is 3. The normalized spacial score (nSPS) is 16.3. The average Bonchev–Trinajstić information content (AvgIpc) is 3.39. The molecule has 6 aromatic rings. The van der Waals surface area contributed by atoms with Crippen LogP contribution in [0.5, 0.6) is 5.75 Å². The summed E-state index contributed by atoms with van der Waals surface area (Å²) in [6.07, 6.45) is 1.63. The van der Waals surface area contributed by atoms with E-state index in [2.05, 4.69) is 65.4 Å². The Balaban J connectivity index is 1.49. The van der Waals surface area contributed by atoms with E-state index in [-0.39, 0.29) is 17.6 Å². The molecule has 6 nitrogen and oxygen atoms in total. The molecule has 1 aliphatic rings. The number of carbonyl (C=O) groups excluding carboxylic acids is 1.